The second-order valence-electron chi connectivity index (χ2n) is 7.21. The highest BCUT2D eigenvalue weighted by molar-refractivity contribution is 5.99. The van der Waals surface area contributed by atoms with Crippen molar-refractivity contribution < 1.29 is 19.4 Å². The molecule has 1 fully saturated rings. The zero-order valence-electron chi connectivity index (χ0n) is 16.9. The van der Waals surface area contributed by atoms with Crippen molar-refractivity contribution in [2.75, 3.05) is 13.2 Å². The van der Waals surface area contributed by atoms with Crippen LogP contribution in [0.4, 0.5) is 0 Å². The monoisotopic (exact) mass is 376 g/mol. The number of aliphatic hydroxyl groups excluding tert-OH is 1. The Morgan fingerprint density at radius 2 is 1.89 bits per heavy atom. The lowest BCUT2D eigenvalue weighted by molar-refractivity contribution is -0.118. The van der Waals surface area contributed by atoms with Crippen LogP contribution in [0.15, 0.2) is 6.08 Å². The zero-order valence-corrected chi connectivity index (χ0v) is 16.9. The molecule has 1 saturated carbocycles. The Bertz CT molecular complexity index is 712. The van der Waals surface area contributed by atoms with Crippen LogP contribution in [0, 0.1) is 13.8 Å². The van der Waals surface area contributed by atoms with Crippen molar-refractivity contribution in [3.05, 3.63) is 28.6 Å². The molecule has 27 heavy (non-hydrogen) atoms. The molecule has 0 saturated heterocycles. The third kappa shape index (κ3) is 4.61. The van der Waals surface area contributed by atoms with Crippen molar-refractivity contribution in [2.24, 2.45) is 0 Å². The number of aliphatic hydroxyl groups is 1. The SMILES string of the molecule is CCOC(=O)c1c(/C=C/C(=O)NC2(CCO)CCCC2)c(C)n(CC)c1C. The molecule has 1 aliphatic carbocycles. The average molecular weight is 376 g/mol. The van der Waals surface area contributed by atoms with Gasteiger partial charge in [0.1, 0.15) is 0 Å². The Balaban J connectivity index is 2.27. The average Bonchev–Trinajstić information content (AvgIpc) is 3.16. The summed E-state index contributed by atoms with van der Waals surface area (Å²) in [6.45, 7) is 8.76. The molecular formula is C21H32N2O4. The number of ether oxygens (including phenoxy) is 1. The van der Waals surface area contributed by atoms with Gasteiger partial charge in [-0.15, -0.1) is 0 Å². The minimum atomic E-state index is -0.363. The third-order valence-electron chi connectivity index (χ3n) is 5.57. The quantitative estimate of drug-likeness (QED) is 0.540. The van der Waals surface area contributed by atoms with Crippen LogP contribution < -0.4 is 5.32 Å². The van der Waals surface area contributed by atoms with Gasteiger partial charge in [-0.1, -0.05) is 12.8 Å². The highest BCUT2D eigenvalue weighted by Gasteiger charge is 2.34. The van der Waals surface area contributed by atoms with Crippen molar-refractivity contribution >= 4 is 18.0 Å². The molecule has 1 aliphatic rings. The van der Waals surface area contributed by atoms with Crippen LogP contribution in [-0.2, 0) is 16.1 Å². The molecule has 6 nitrogen and oxygen atoms in total. The summed E-state index contributed by atoms with van der Waals surface area (Å²) >= 11 is 0. The summed E-state index contributed by atoms with van der Waals surface area (Å²) in [5.41, 5.74) is 2.73. The van der Waals surface area contributed by atoms with E-state index in [0.29, 0.717) is 18.6 Å². The molecule has 2 N–H and O–H groups in total. The Morgan fingerprint density at radius 1 is 1.22 bits per heavy atom. The second-order valence-corrected chi connectivity index (χ2v) is 7.21. The fourth-order valence-corrected chi connectivity index (χ4v) is 4.21. The summed E-state index contributed by atoms with van der Waals surface area (Å²) in [5.74, 6) is -0.556. The van der Waals surface area contributed by atoms with E-state index in [-0.39, 0.29) is 24.0 Å². The lowest BCUT2D eigenvalue weighted by Gasteiger charge is -2.29. The maximum Gasteiger partial charge on any atom is 0.340 e. The Morgan fingerprint density at radius 3 is 2.44 bits per heavy atom. The summed E-state index contributed by atoms with van der Waals surface area (Å²) in [6, 6.07) is 0. The molecule has 1 aromatic heterocycles. The first-order valence-corrected chi connectivity index (χ1v) is 9.87. The maximum atomic E-state index is 12.5. The lowest BCUT2D eigenvalue weighted by atomic mass is 9.93. The minimum absolute atomic E-state index is 0.0641. The Kier molecular flexibility index (Phi) is 7.25. The topological polar surface area (TPSA) is 80.6 Å². The number of hydrogen-bond acceptors (Lipinski definition) is 4. The largest absolute Gasteiger partial charge is 0.462 e. The summed E-state index contributed by atoms with van der Waals surface area (Å²) < 4.78 is 7.26. The van der Waals surface area contributed by atoms with Crippen LogP contribution in [0.25, 0.3) is 6.08 Å². The van der Waals surface area contributed by atoms with Crippen molar-refractivity contribution in [2.45, 2.75) is 71.9 Å². The maximum absolute atomic E-state index is 12.5. The van der Waals surface area contributed by atoms with Crippen molar-refractivity contribution in [1.29, 1.82) is 0 Å². The number of carbonyl (C=O) groups is 2. The molecule has 1 amide bonds. The number of amides is 1. The van der Waals surface area contributed by atoms with Crippen LogP contribution in [0.2, 0.25) is 0 Å². The van der Waals surface area contributed by atoms with Gasteiger partial charge in [0, 0.05) is 41.7 Å². The van der Waals surface area contributed by atoms with Gasteiger partial charge in [0.15, 0.2) is 0 Å². The van der Waals surface area contributed by atoms with E-state index in [0.717, 1.165) is 49.2 Å². The molecule has 0 aromatic carbocycles. The fraction of sp³-hybridized carbons (Fsp3) is 0.619. The Hall–Kier alpha value is -2.08. The first kappa shape index (κ1) is 21.2. The van der Waals surface area contributed by atoms with E-state index in [9.17, 15) is 14.7 Å². The number of aromatic nitrogens is 1. The number of carbonyl (C=O) groups excluding carboxylic acids is 2. The molecule has 2 rings (SSSR count). The number of esters is 1. The fourth-order valence-electron chi connectivity index (χ4n) is 4.21. The van der Waals surface area contributed by atoms with Crippen LogP contribution in [0.3, 0.4) is 0 Å². The molecule has 0 unspecified atom stereocenters. The van der Waals surface area contributed by atoms with Gasteiger partial charge in [-0.3, -0.25) is 4.79 Å². The number of nitrogens with one attached hydrogen (secondary N) is 1. The van der Waals surface area contributed by atoms with E-state index in [1.54, 1.807) is 13.0 Å². The molecule has 0 bridgehead atoms. The van der Waals surface area contributed by atoms with Gasteiger partial charge in [0.2, 0.25) is 5.91 Å². The van der Waals surface area contributed by atoms with E-state index in [1.165, 1.54) is 6.08 Å². The summed E-state index contributed by atoms with van der Waals surface area (Å²) in [7, 11) is 0. The lowest BCUT2D eigenvalue weighted by Crippen LogP contribution is -2.46. The van der Waals surface area contributed by atoms with Gasteiger partial charge in [0.25, 0.3) is 0 Å². The van der Waals surface area contributed by atoms with Gasteiger partial charge >= 0.3 is 5.97 Å². The summed E-state index contributed by atoms with van der Waals surface area (Å²) in [5, 5.41) is 12.4. The van der Waals surface area contributed by atoms with Crippen LogP contribution in [0.1, 0.15) is 73.3 Å². The summed E-state index contributed by atoms with van der Waals surface area (Å²) in [6.07, 6.45) is 7.69. The molecule has 6 heteroatoms. The third-order valence-corrected chi connectivity index (χ3v) is 5.57. The van der Waals surface area contributed by atoms with Crippen molar-refractivity contribution in [3.63, 3.8) is 0 Å². The van der Waals surface area contributed by atoms with E-state index < -0.39 is 0 Å². The molecule has 1 heterocycles. The molecule has 0 atom stereocenters. The van der Waals surface area contributed by atoms with E-state index >= 15 is 0 Å². The van der Waals surface area contributed by atoms with Crippen LogP contribution in [-0.4, -0.2) is 40.3 Å². The number of hydrogen-bond donors (Lipinski definition) is 2. The minimum Gasteiger partial charge on any atom is -0.462 e. The Labute approximate surface area is 161 Å². The number of nitrogens with zero attached hydrogens (tertiary/aromatic N) is 1. The molecule has 1 aromatic rings. The molecule has 150 valence electrons. The van der Waals surface area contributed by atoms with E-state index in [2.05, 4.69) is 5.32 Å². The van der Waals surface area contributed by atoms with Crippen LogP contribution in [0.5, 0.6) is 0 Å². The predicted octanol–water partition coefficient (Wildman–Crippen LogP) is 3.13. The van der Waals surface area contributed by atoms with Gasteiger partial charge in [-0.05, 0) is 53.0 Å². The van der Waals surface area contributed by atoms with Gasteiger partial charge in [0.05, 0.1) is 12.2 Å². The summed E-state index contributed by atoms with van der Waals surface area (Å²) in [4.78, 5) is 25.0. The first-order valence-electron chi connectivity index (χ1n) is 9.87. The molecule has 0 spiro atoms. The van der Waals surface area contributed by atoms with Crippen molar-refractivity contribution in [1.82, 2.24) is 9.88 Å². The molecule has 0 aliphatic heterocycles. The van der Waals surface area contributed by atoms with Crippen LogP contribution >= 0.6 is 0 Å². The standard InChI is InChI=1S/C21H32N2O4/c1-5-23-15(3)17(19(16(23)4)20(26)27-6-2)9-10-18(25)22-21(13-14-24)11-7-8-12-21/h9-10,24H,5-8,11-14H2,1-4H3,(H,22,25)/b10-9+. The highest BCUT2D eigenvalue weighted by Crippen LogP contribution is 2.32. The normalized spacial score (nSPS) is 16.0. The molecular weight excluding hydrogens is 344 g/mol. The predicted molar refractivity (Wildman–Crippen MR) is 106 cm³/mol. The van der Waals surface area contributed by atoms with Gasteiger partial charge in [-0.2, -0.15) is 0 Å². The van der Waals surface area contributed by atoms with Gasteiger partial charge < -0.3 is 19.7 Å². The number of rotatable bonds is 8. The van der Waals surface area contributed by atoms with E-state index in [1.807, 2.05) is 25.3 Å². The van der Waals surface area contributed by atoms with Crippen molar-refractivity contribution in [3.8, 4) is 0 Å². The van der Waals surface area contributed by atoms with E-state index in [4.69, 9.17) is 4.74 Å². The van der Waals surface area contributed by atoms with Gasteiger partial charge in [-0.25, -0.2) is 4.79 Å². The zero-order chi connectivity index (χ0) is 20.0. The highest BCUT2D eigenvalue weighted by atomic mass is 16.5. The second kappa shape index (κ2) is 9.22. The smallest absolute Gasteiger partial charge is 0.340 e. The first-order chi connectivity index (χ1) is 12.9. The molecule has 0 radical (unpaired) electrons.